The van der Waals surface area contributed by atoms with E-state index < -0.39 is 10.0 Å². The Labute approximate surface area is 114 Å². The van der Waals surface area contributed by atoms with Gasteiger partial charge in [-0.15, -0.1) is 0 Å². The minimum Gasteiger partial charge on any atom is -0.326 e. The van der Waals surface area contributed by atoms with E-state index in [2.05, 4.69) is 0 Å². The average molecular weight is 280 g/mol. The number of benzene rings is 1. The molecule has 2 N–H and O–H groups in total. The molecule has 1 saturated carbocycles. The summed E-state index contributed by atoms with van der Waals surface area (Å²) in [6.07, 6.45) is 3.63. The van der Waals surface area contributed by atoms with Crippen molar-refractivity contribution in [3.05, 3.63) is 29.8 Å². The summed E-state index contributed by atoms with van der Waals surface area (Å²) in [6, 6.07) is 6.94. The van der Waals surface area contributed by atoms with Crippen LogP contribution >= 0.6 is 0 Å². The van der Waals surface area contributed by atoms with E-state index in [-0.39, 0.29) is 0 Å². The van der Waals surface area contributed by atoms with Crippen molar-refractivity contribution < 1.29 is 8.42 Å². The largest absolute Gasteiger partial charge is 0.326 e. The molecule has 0 bridgehead atoms. The Kier molecular flexibility index (Phi) is 3.37. The molecule has 2 fully saturated rings. The lowest BCUT2D eigenvalue weighted by Crippen LogP contribution is -2.29. The van der Waals surface area contributed by atoms with Crippen LogP contribution in [0.4, 0.5) is 0 Å². The molecule has 1 heterocycles. The maximum atomic E-state index is 12.6. The molecule has 1 aliphatic heterocycles. The van der Waals surface area contributed by atoms with Gasteiger partial charge in [0.15, 0.2) is 0 Å². The van der Waals surface area contributed by atoms with Gasteiger partial charge >= 0.3 is 0 Å². The monoisotopic (exact) mass is 280 g/mol. The van der Waals surface area contributed by atoms with Crippen LogP contribution in [-0.4, -0.2) is 25.8 Å². The highest BCUT2D eigenvalue weighted by molar-refractivity contribution is 7.89. The lowest BCUT2D eigenvalue weighted by molar-refractivity contribution is 0.445. The molecule has 0 amide bonds. The molecule has 1 saturated heterocycles. The first-order chi connectivity index (χ1) is 9.11. The standard InChI is InChI=1S/C14H20N2O2S/c15-8-11-4-6-14(7-5-11)19(17,18)16-9-12-2-1-3-13(12)10-16/h4-7,12-13H,1-3,8-10,15H2. The predicted molar refractivity (Wildman–Crippen MR) is 73.9 cm³/mol. The molecule has 104 valence electrons. The highest BCUT2D eigenvalue weighted by atomic mass is 32.2. The zero-order valence-electron chi connectivity index (χ0n) is 11.0. The molecule has 19 heavy (non-hydrogen) atoms. The second-order valence-electron chi connectivity index (χ2n) is 5.62. The van der Waals surface area contributed by atoms with E-state index in [1.165, 1.54) is 19.3 Å². The maximum Gasteiger partial charge on any atom is 0.243 e. The Bertz CT molecular complexity index is 541. The van der Waals surface area contributed by atoms with Crippen LogP contribution in [0, 0.1) is 11.8 Å². The van der Waals surface area contributed by atoms with E-state index in [0.717, 1.165) is 5.56 Å². The Morgan fingerprint density at radius 1 is 1.11 bits per heavy atom. The first-order valence-electron chi connectivity index (χ1n) is 6.90. The Morgan fingerprint density at radius 2 is 1.68 bits per heavy atom. The summed E-state index contributed by atoms with van der Waals surface area (Å²) in [5, 5.41) is 0. The Balaban J connectivity index is 1.82. The van der Waals surface area contributed by atoms with Gasteiger partial charge in [0.05, 0.1) is 4.90 Å². The van der Waals surface area contributed by atoms with Gasteiger partial charge in [-0.25, -0.2) is 8.42 Å². The summed E-state index contributed by atoms with van der Waals surface area (Å²) >= 11 is 0. The van der Waals surface area contributed by atoms with Crippen molar-refractivity contribution in [1.82, 2.24) is 4.31 Å². The van der Waals surface area contributed by atoms with Gasteiger partial charge in [0, 0.05) is 19.6 Å². The van der Waals surface area contributed by atoms with Crippen LogP contribution in [0.25, 0.3) is 0 Å². The molecule has 2 aliphatic rings. The van der Waals surface area contributed by atoms with E-state index in [0.29, 0.717) is 36.4 Å². The van der Waals surface area contributed by atoms with Crippen molar-refractivity contribution >= 4 is 10.0 Å². The number of nitrogens with zero attached hydrogens (tertiary/aromatic N) is 1. The van der Waals surface area contributed by atoms with E-state index >= 15 is 0 Å². The molecule has 1 aliphatic carbocycles. The molecule has 0 radical (unpaired) electrons. The van der Waals surface area contributed by atoms with Crippen LogP contribution in [0.15, 0.2) is 29.2 Å². The van der Waals surface area contributed by atoms with Gasteiger partial charge in [-0.1, -0.05) is 18.6 Å². The summed E-state index contributed by atoms with van der Waals surface area (Å²) in [7, 11) is -3.31. The molecule has 1 aromatic carbocycles. The third-order valence-electron chi connectivity index (χ3n) is 4.49. The summed E-state index contributed by atoms with van der Waals surface area (Å²) in [4.78, 5) is 0.393. The minimum absolute atomic E-state index is 0.393. The van der Waals surface area contributed by atoms with Crippen molar-refractivity contribution in [2.75, 3.05) is 13.1 Å². The molecule has 2 atom stereocenters. The number of rotatable bonds is 3. The van der Waals surface area contributed by atoms with Gasteiger partial charge in [-0.2, -0.15) is 4.31 Å². The Morgan fingerprint density at radius 3 is 2.21 bits per heavy atom. The van der Waals surface area contributed by atoms with Crippen molar-refractivity contribution in [1.29, 1.82) is 0 Å². The zero-order valence-corrected chi connectivity index (χ0v) is 11.8. The van der Waals surface area contributed by atoms with Crippen LogP contribution in [0.1, 0.15) is 24.8 Å². The minimum atomic E-state index is -3.31. The van der Waals surface area contributed by atoms with E-state index in [9.17, 15) is 8.42 Å². The van der Waals surface area contributed by atoms with E-state index in [1.807, 2.05) is 0 Å². The van der Waals surface area contributed by atoms with Crippen molar-refractivity contribution in [2.45, 2.75) is 30.7 Å². The van der Waals surface area contributed by atoms with Crippen LogP contribution in [0.3, 0.4) is 0 Å². The maximum absolute atomic E-state index is 12.6. The first-order valence-corrected chi connectivity index (χ1v) is 8.34. The summed E-state index contributed by atoms with van der Waals surface area (Å²) in [5.74, 6) is 1.16. The van der Waals surface area contributed by atoms with Gasteiger partial charge in [-0.3, -0.25) is 0 Å². The van der Waals surface area contributed by atoms with Crippen LogP contribution in [0.5, 0.6) is 0 Å². The molecule has 3 rings (SSSR count). The van der Waals surface area contributed by atoms with Gasteiger partial charge in [-0.05, 0) is 42.4 Å². The van der Waals surface area contributed by atoms with Gasteiger partial charge in [0.25, 0.3) is 0 Å². The fourth-order valence-electron chi connectivity index (χ4n) is 3.33. The van der Waals surface area contributed by atoms with Crippen LogP contribution < -0.4 is 5.73 Å². The number of nitrogens with two attached hydrogens (primary N) is 1. The van der Waals surface area contributed by atoms with Crippen LogP contribution in [0.2, 0.25) is 0 Å². The summed E-state index contributed by atoms with van der Waals surface area (Å²) < 4.78 is 26.8. The SMILES string of the molecule is NCc1ccc(S(=O)(=O)N2CC3CCCC3C2)cc1. The van der Waals surface area contributed by atoms with Gasteiger partial charge < -0.3 is 5.73 Å². The lowest BCUT2D eigenvalue weighted by atomic mass is 10.0. The fourth-order valence-corrected chi connectivity index (χ4v) is 4.89. The highest BCUT2D eigenvalue weighted by Gasteiger charge is 2.41. The highest BCUT2D eigenvalue weighted by Crippen LogP contribution is 2.39. The molecular formula is C14H20N2O2S. The smallest absolute Gasteiger partial charge is 0.243 e. The van der Waals surface area contributed by atoms with Gasteiger partial charge in [0.1, 0.15) is 0 Å². The topological polar surface area (TPSA) is 63.4 Å². The molecule has 5 heteroatoms. The molecule has 4 nitrogen and oxygen atoms in total. The number of hydrogen-bond acceptors (Lipinski definition) is 3. The second kappa shape index (κ2) is 4.89. The normalized spacial score (nSPS) is 27.6. The molecule has 2 unspecified atom stereocenters. The van der Waals surface area contributed by atoms with Crippen molar-refractivity contribution in [3.63, 3.8) is 0 Å². The predicted octanol–water partition coefficient (Wildman–Crippen LogP) is 1.57. The molecule has 0 aromatic heterocycles. The third kappa shape index (κ3) is 2.30. The summed E-state index contributed by atoms with van der Waals surface area (Å²) in [6.45, 7) is 1.84. The number of hydrogen-bond donors (Lipinski definition) is 1. The third-order valence-corrected chi connectivity index (χ3v) is 6.34. The quantitative estimate of drug-likeness (QED) is 0.914. The zero-order chi connectivity index (χ0) is 13.5. The van der Waals surface area contributed by atoms with Crippen molar-refractivity contribution in [2.24, 2.45) is 17.6 Å². The van der Waals surface area contributed by atoms with Crippen LogP contribution in [-0.2, 0) is 16.6 Å². The van der Waals surface area contributed by atoms with E-state index in [1.54, 1.807) is 28.6 Å². The van der Waals surface area contributed by atoms with Crippen molar-refractivity contribution in [3.8, 4) is 0 Å². The molecule has 1 aromatic rings. The number of sulfonamides is 1. The average Bonchev–Trinajstić information content (AvgIpc) is 2.99. The molecule has 0 spiro atoms. The first kappa shape index (κ1) is 13.1. The van der Waals surface area contributed by atoms with Gasteiger partial charge in [0.2, 0.25) is 10.0 Å². The summed E-state index contributed by atoms with van der Waals surface area (Å²) in [5.41, 5.74) is 6.49. The molecular weight excluding hydrogens is 260 g/mol. The fraction of sp³-hybridized carbons (Fsp3) is 0.571. The number of fused-ring (bicyclic) bond motifs is 1. The second-order valence-corrected chi connectivity index (χ2v) is 7.56. The Hall–Kier alpha value is -0.910. The lowest BCUT2D eigenvalue weighted by Gasteiger charge is -2.17. The van der Waals surface area contributed by atoms with E-state index in [4.69, 9.17) is 5.73 Å².